The van der Waals surface area contributed by atoms with Crippen LogP contribution in [-0.2, 0) is 6.18 Å². The van der Waals surface area contributed by atoms with Crippen molar-refractivity contribution in [1.29, 1.82) is 0 Å². The van der Waals surface area contributed by atoms with E-state index in [1.165, 1.54) is 17.4 Å². The van der Waals surface area contributed by atoms with Gasteiger partial charge in [-0.3, -0.25) is 9.69 Å². The maximum Gasteiger partial charge on any atom is 0.417 e. The van der Waals surface area contributed by atoms with E-state index in [-0.39, 0.29) is 11.6 Å². The van der Waals surface area contributed by atoms with Crippen molar-refractivity contribution >= 4 is 38.7 Å². The summed E-state index contributed by atoms with van der Waals surface area (Å²) in [6, 6.07) is 6.33. The lowest BCUT2D eigenvalue weighted by molar-refractivity contribution is -0.137. The number of hydrogen-bond acceptors (Lipinski definition) is 7. The molecular weight excluding hydrogens is 471 g/mol. The van der Waals surface area contributed by atoms with E-state index in [4.69, 9.17) is 4.98 Å². The molecule has 1 N–H and O–H groups in total. The molecule has 1 aliphatic heterocycles. The topological polar surface area (TPSA) is 65.1 Å². The summed E-state index contributed by atoms with van der Waals surface area (Å²) in [5.74, 6) is 1.15. The predicted octanol–water partition coefficient (Wildman–Crippen LogP) is 5.01. The highest BCUT2D eigenvalue weighted by Gasteiger charge is 2.31. The number of rotatable bonds is 4. The number of piperazine rings is 1. The van der Waals surface area contributed by atoms with Gasteiger partial charge in [0.05, 0.1) is 17.0 Å². The Bertz CT molecular complexity index is 1310. The van der Waals surface area contributed by atoms with Crippen LogP contribution in [0.4, 0.5) is 19.0 Å². The third-order valence-corrected chi connectivity index (χ3v) is 7.68. The van der Waals surface area contributed by atoms with Crippen LogP contribution in [0.2, 0.25) is 0 Å². The monoisotopic (exact) mass is 491 g/mol. The van der Waals surface area contributed by atoms with E-state index in [2.05, 4.69) is 14.9 Å². The Morgan fingerprint density at radius 2 is 1.91 bits per heavy atom. The lowest BCUT2D eigenvalue weighted by atomic mass is 10.2. The summed E-state index contributed by atoms with van der Waals surface area (Å²) in [4.78, 5) is 30.5. The maximum atomic E-state index is 12.9. The molecule has 0 bridgehead atoms. The zero-order valence-electron chi connectivity index (χ0n) is 17.6. The molecule has 1 atom stereocenters. The highest BCUT2D eigenvalue weighted by Crippen LogP contribution is 2.34. The van der Waals surface area contributed by atoms with Crippen molar-refractivity contribution in [2.24, 2.45) is 0 Å². The first kappa shape index (κ1) is 22.1. The van der Waals surface area contributed by atoms with Crippen LogP contribution in [-0.4, -0.2) is 46.0 Å². The molecule has 33 heavy (non-hydrogen) atoms. The summed E-state index contributed by atoms with van der Waals surface area (Å²) in [5, 5.41) is 4.58. The minimum atomic E-state index is -4.39. The standard InChI is InChI=1S/C22H20F3N5OS2/c1-13(19-27-20(31)18-15(12-33-21(18)28-19)16-3-2-10-32-16)29-6-8-30(9-7-29)17-5-4-14(11-26-17)22(23,24)25/h2-5,10-13H,6-9H2,1H3,(H,27,28,31). The van der Waals surface area contributed by atoms with Crippen LogP contribution in [0.5, 0.6) is 0 Å². The second-order valence-corrected chi connectivity index (χ2v) is 9.67. The maximum absolute atomic E-state index is 12.9. The number of nitrogens with zero attached hydrogens (tertiary/aromatic N) is 4. The van der Waals surface area contributed by atoms with Gasteiger partial charge < -0.3 is 9.88 Å². The molecule has 5 rings (SSSR count). The van der Waals surface area contributed by atoms with Crippen LogP contribution >= 0.6 is 22.7 Å². The van der Waals surface area contributed by atoms with Gasteiger partial charge in [0.2, 0.25) is 0 Å². The first-order valence-electron chi connectivity index (χ1n) is 10.4. The Balaban J connectivity index is 1.30. The average Bonchev–Trinajstić information content (AvgIpc) is 3.48. The summed E-state index contributed by atoms with van der Waals surface area (Å²) in [5.41, 5.74) is 0.0226. The van der Waals surface area contributed by atoms with Gasteiger partial charge in [-0.1, -0.05) is 6.07 Å². The number of anilines is 1. The normalized spacial score (nSPS) is 16.4. The van der Waals surface area contributed by atoms with E-state index in [0.29, 0.717) is 43.2 Å². The molecule has 1 fully saturated rings. The summed E-state index contributed by atoms with van der Waals surface area (Å²) in [7, 11) is 0. The SMILES string of the molecule is CC(c1nc2scc(-c3cccs3)c2c(=O)[nH]1)N1CCN(c2ccc(C(F)(F)F)cn2)CC1. The molecule has 5 heterocycles. The first-order chi connectivity index (χ1) is 15.8. The summed E-state index contributed by atoms with van der Waals surface area (Å²) < 4.78 is 38.3. The second kappa shape index (κ2) is 8.54. The van der Waals surface area contributed by atoms with Crippen LogP contribution in [0.1, 0.15) is 24.4 Å². The molecule has 0 aliphatic carbocycles. The zero-order valence-corrected chi connectivity index (χ0v) is 19.2. The number of nitrogens with one attached hydrogen (secondary N) is 1. The van der Waals surface area contributed by atoms with Crippen molar-refractivity contribution in [3.63, 3.8) is 0 Å². The molecular formula is C22H20F3N5OS2. The van der Waals surface area contributed by atoms with Gasteiger partial charge in [-0.05, 0) is 30.5 Å². The number of aromatic nitrogens is 3. The van der Waals surface area contributed by atoms with E-state index in [1.54, 1.807) is 11.3 Å². The molecule has 11 heteroatoms. The number of fused-ring (bicyclic) bond motifs is 1. The van der Waals surface area contributed by atoms with Crippen molar-refractivity contribution in [2.45, 2.75) is 19.1 Å². The largest absolute Gasteiger partial charge is 0.417 e. The van der Waals surface area contributed by atoms with Crippen LogP contribution in [0.25, 0.3) is 20.7 Å². The quantitative estimate of drug-likeness (QED) is 0.435. The summed E-state index contributed by atoms with van der Waals surface area (Å²) in [6.07, 6.45) is -3.52. The van der Waals surface area contributed by atoms with E-state index in [0.717, 1.165) is 27.5 Å². The molecule has 1 unspecified atom stereocenters. The lowest BCUT2D eigenvalue weighted by Crippen LogP contribution is -2.47. The highest BCUT2D eigenvalue weighted by atomic mass is 32.1. The number of thiophene rings is 2. The van der Waals surface area contributed by atoms with Gasteiger partial charge in [0.1, 0.15) is 16.5 Å². The highest BCUT2D eigenvalue weighted by molar-refractivity contribution is 7.18. The van der Waals surface area contributed by atoms with E-state index >= 15 is 0 Å². The van der Waals surface area contributed by atoms with E-state index in [9.17, 15) is 18.0 Å². The molecule has 1 aliphatic rings. The fraction of sp³-hybridized carbons (Fsp3) is 0.318. The molecule has 6 nitrogen and oxygen atoms in total. The Labute approximate surface area is 195 Å². The fourth-order valence-electron chi connectivity index (χ4n) is 4.03. The van der Waals surface area contributed by atoms with Gasteiger partial charge >= 0.3 is 6.18 Å². The Morgan fingerprint density at radius 1 is 1.12 bits per heavy atom. The first-order valence-corrected chi connectivity index (χ1v) is 12.1. The van der Waals surface area contributed by atoms with E-state index < -0.39 is 11.7 Å². The number of aromatic amines is 1. The fourth-order valence-corrected chi connectivity index (χ4v) is 5.80. The Morgan fingerprint density at radius 3 is 2.55 bits per heavy atom. The average molecular weight is 492 g/mol. The number of H-pyrrole nitrogens is 1. The molecule has 0 spiro atoms. The number of hydrogen-bond donors (Lipinski definition) is 1. The van der Waals surface area contributed by atoms with Crippen molar-refractivity contribution < 1.29 is 13.2 Å². The van der Waals surface area contributed by atoms with Gasteiger partial charge in [-0.25, -0.2) is 9.97 Å². The number of alkyl halides is 3. The second-order valence-electron chi connectivity index (χ2n) is 7.86. The molecule has 0 aromatic carbocycles. The molecule has 0 radical (unpaired) electrons. The predicted molar refractivity (Wildman–Crippen MR) is 125 cm³/mol. The Hall–Kier alpha value is -2.76. The smallest absolute Gasteiger partial charge is 0.354 e. The summed E-state index contributed by atoms with van der Waals surface area (Å²) >= 11 is 3.06. The van der Waals surface area contributed by atoms with Gasteiger partial charge in [0.15, 0.2) is 0 Å². The molecule has 4 aromatic rings. The van der Waals surface area contributed by atoms with E-state index in [1.807, 2.05) is 34.7 Å². The van der Waals surface area contributed by atoms with Crippen molar-refractivity contribution in [1.82, 2.24) is 19.9 Å². The number of halogens is 3. The minimum Gasteiger partial charge on any atom is -0.354 e. The Kier molecular flexibility index (Phi) is 5.71. The van der Waals surface area contributed by atoms with Gasteiger partial charge in [-0.15, -0.1) is 22.7 Å². The van der Waals surface area contributed by atoms with Crippen molar-refractivity contribution in [2.75, 3.05) is 31.1 Å². The van der Waals surface area contributed by atoms with Crippen LogP contribution in [0.15, 0.2) is 46.0 Å². The third kappa shape index (κ3) is 4.28. The molecule has 4 aromatic heterocycles. The molecule has 0 amide bonds. The van der Waals surface area contributed by atoms with Gasteiger partial charge in [-0.2, -0.15) is 13.2 Å². The molecule has 0 saturated carbocycles. The minimum absolute atomic E-state index is 0.0999. The van der Waals surface area contributed by atoms with Crippen LogP contribution < -0.4 is 10.5 Å². The zero-order chi connectivity index (χ0) is 23.2. The third-order valence-electron chi connectivity index (χ3n) is 5.91. The van der Waals surface area contributed by atoms with Gasteiger partial charge in [0, 0.05) is 48.2 Å². The molecule has 172 valence electrons. The lowest BCUT2D eigenvalue weighted by Gasteiger charge is -2.38. The van der Waals surface area contributed by atoms with Crippen LogP contribution in [0, 0.1) is 0 Å². The van der Waals surface area contributed by atoms with Gasteiger partial charge in [0.25, 0.3) is 5.56 Å². The summed E-state index contributed by atoms with van der Waals surface area (Å²) in [6.45, 7) is 4.60. The van der Waals surface area contributed by atoms with Crippen LogP contribution in [0.3, 0.4) is 0 Å². The van der Waals surface area contributed by atoms with Crippen molar-refractivity contribution in [3.05, 3.63) is 63.0 Å². The number of pyridine rings is 1. The molecule has 1 saturated heterocycles. The van der Waals surface area contributed by atoms with Crippen molar-refractivity contribution in [3.8, 4) is 10.4 Å².